The molecular weight excluding hydrogens is 264 g/mol. The van der Waals surface area contributed by atoms with E-state index in [2.05, 4.69) is 29.7 Å². The van der Waals surface area contributed by atoms with Crippen molar-refractivity contribution in [2.45, 2.75) is 26.9 Å². The molecule has 0 radical (unpaired) electrons. The molecule has 0 bridgehead atoms. The Morgan fingerprint density at radius 2 is 1.90 bits per heavy atom. The van der Waals surface area contributed by atoms with E-state index >= 15 is 0 Å². The first-order valence-electron chi connectivity index (χ1n) is 7.20. The summed E-state index contributed by atoms with van der Waals surface area (Å²) in [5.74, 6) is 0.00676. The SMILES string of the molecule is Cc1cccc(-n2c(C)cc(C(=O)N3CC(O)C3)c2C)c1. The Bertz CT molecular complexity index is 697. The number of likely N-dealkylation sites (tertiary alicyclic amines) is 1. The second-order valence-corrected chi connectivity index (χ2v) is 5.82. The summed E-state index contributed by atoms with van der Waals surface area (Å²) >= 11 is 0. The zero-order chi connectivity index (χ0) is 15.1. The number of carbonyl (C=O) groups is 1. The third-order valence-corrected chi connectivity index (χ3v) is 4.07. The molecule has 0 aliphatic carbocycles. The van der Waals surface area contributed by atoms with Crippen molar-refractivity contribution in [3.8, 4) is 5.69 Å². The maximum absolute atomic E-state index is 12.5. The Morgan fingerprint density at radius 3 is 2.52 bits per heavy atom. The zero-order valence-corrected chi connectivity index (χ0v) is 12.6. The lowest BCUT2D eigenvalue weighted by Gasteiger charge is -2.35. The summed E-state index contributed by atoms with van der Waals surface area (Å²) in [7, 11) is 0. The Morgan fingerprint density at radius 1 is 1.19 bits per heavy atom. The van der Waals surface area contributed by atoms with Gasteiger partial charge in [-0.25, -0.2) is 0 Å². The lowest BCUT2D eigenvalue weighted by Crippen LogP contribution is -2.53. The van der Waals surface area contributed by atoms with Gasteiger partial charge in [-0.05, 0) is 44.5 Å². The Labute approximate surface area is 124 Å². The van der Waals surface area contributed by atoms with Crippen LogP contribution in [-0.2, 0) is 0 Å². The Balaban J connectivity index is 1.99. The molecule has 0 spiro atoms. The number of β-amino-alcohol motifs (C(OH)–C–C–N with tert-alkyl or cyclic N) is 1. The van der Waals surface area contributed by atoms with Gasteiger partial charge in [0.15, 0.2) is 0 Å². The number of aliphatic hydroxyl groups is 1. The number of nitrogens with zero attached hydrogens (tertiary/aromatic N) is 2. The smallest absolute Gasteiger partial charge is 0.255 e. The van der Waals surface area contributed by atoms with E-state index in [4.69, 9.17) is 0 Å². The second kappa shape index (κ2) is 5.04. The molecule has 4 heteroatoms. The van der Waals surface area contributed by atoms with Crippen molar-refractivity contribution in [3.05, 3.63) is 52.8 Å². The van der Waals surface area contributed by atoms with E-state index in [1.165, 1.54) is 5.56 Å². The van der Waals surface area contributed by atoms with Crippen LogP contribution in [0.2, 0.25) is 0 Å². The molecule has 2 aromatic rings. The number of amides is 1. The van der Waals surface area contributed by atoms with Crippen molar-refractivity contribution in [1.29, 1.82) is 0 Å². The van der Waals surface area contributed by atoms with Crippen LogP contribution in [-0.4, -0.2) is 39.7 Å². The lowest BCUT2D eigenvalue weighted by molar-refractivity contribution is 0.00584. The van der Waals surface area contributed by atoms with Gasteiger partial charge in [0.2, 0.25) is 0 Å². The Kier molecular flexibility index (Phi) is 3.33. The molecule has 1 aliphatic rings. The quantitative estimate of drug-likeness (QED) is 0.919. The molecule has 4 nitrogen and oxygen atoms in total. The minimum absolute atomic E-state index is 0.00676. The average Bonchev–Trinajstić information content (AvgIpc) is 2.70. The fourth-order valence-electron chi connectivity index (χ4n) is 2.94. The van der Waals surface area contributed by atoms with Gasteiger partial charge in [0.1, 0.15) is 0 Å². The molecule has 110 valence electrons. The summed E-state index contributed by atoms with van der Waals surface area (Å²) in [6, 6.07) is 10.2. The molecule has 1 aromatic heterocycles. The van der Waals surface area contributed by atoms with Crippen LogP contribution in [0.3, 0.4) is 0 Å². The first kappa shape index (κ1) is 13.9. The van der Waals surface area contributed by atoms with Crippen molar-refractivity contribution in [3.63, 3.8) is 0 Å². The summed E-state index contributed by atoms with van der Waals surface area (Å²) in [5.41, 5.74) is 4.99. The monoisotopic (exact) mass is 284 g/mol. The van der Waals surface area contributed by atoms with Crippen LogP contribution in [0.1, 0.15) is 27.3 Å². The van der Waals surface area contributed by atoms with Gasteiger partial charge in [0.25, 0.3) is 5.91 Å². The topological polar surface area (TPSA) is 45.5 Å². The van der Waals surface area contributed by atoms with E-state index in [1.807, 2.05) is 26.0 Å². The summed E-state index contributed by atoms with van der Waals surface area (Å²) < 4.78 is 2.11. The normalized spacial score (nSPS) is 15.1. The van der Waals surface area contributed by atoms with Crippen molar-refractivity contribution < 1.29 is 9.90 Å². The molecule has 21 heavy (non-hydrogen) atoms. The number of benzene rings is 1. The highest BCUT2D eigenvalue weighted by Crippen LogP contribution is 2.24. The summed E-state index contributed by atoms with van der Waals surface area (Å²) in [4.78, 5) is 14.1. The highest BCUT2D eigenvalue weighted by atomic mass is 16.3. The molecule has 1 saturated heterocycles. The van der Waals surface area contributed by atoms with Crippen molar-refractivity contribution >= 4 is 5.91 Å². The number of rotatable bonds is 2. The molecule has 0 unspecified atom stereocenters. The highest BCUT2D eigenvalue weighted by Gasteiger charge is 2.31. The number of aliphatic hydroxyl groups excluding tert-OH is 1. The fraction of sp³-hybridized carbons (Fsp3) is 0.353. The number of hydrogen-bond donors (Lipinski definition) is 1. The van der Waals surface area contributed by atoms with Gasteiger partial charge in [-0.2, -0.15) is 0 Å². The molecule has 1 aliphatic heterocycles. The van der Waals surface area contributed by atoms with Crippen LogP contribution < -0.4 is 0 Å². The van der Waals surface area contributed by atoms with Crippen LogP contribution in [0.4, 0.5) is 0 Å². The third-order valence-electron chi connectivity index (χ3n) is 4.07. The number of aryl methyl sites for hydroxylation is 2. The standard InChI is InChI=1S/C17H20N2O2/c1-11-5-4-6-14(7-11)19-12(2)8-16(13(19)3)17(21)18-9-15(20)10-18/h4-8,15,20H,9-10H2,1-3H3. The predicted molar refractivity (Wildman–Crippen MR) is 81.9 cm³/mol. The maximum atomic E-state index is 12.5. The molecule has 3 rings (SSSR count). The first-order valence-corrected chi connectivity index (χ1v) is 7.20. The number of carbonyl (C=O) groups excluding carboxylic acids is 1. The van der Waals surface area contributed by atoms with Gasteiger partial charge in [-0.1, -0.05) is 12.1 Å². The van der Waals surface area contributed by atoms with Crippen LogP contribution in [0.25, 0.3) is 5.69 Å². The maximum Gasteiger partial charge on any atom is 0.255 e. The third kappa shape index (κ3) is 2.36. The summed E-state index contributed by atoms with van der Waals surface area (Å²) in [6.45, 7) is 6.92. The largest absolute Gasteiger partial charge is 0.389 e. The second-order valence-electron chi connectivity index (χ2n) is 5.82. The summed E-state index contributed by atoms with van der Waals surface area (Å²) in [6.07, 6.45) is -0.366. The first-order chi connectivity index (χ1) is 9.97. The van der Waals surface area contributed by atoms with Gasteiger partial charge in [0.05, 0.1) is 11.7 Å². The lowest BCUT2D eigenvalue weighted by atomic mass is 10.1. The molecule has 1 aromatic carbocycles. The molecule has 2 heterocycles. The van der Waals surface area contributed by atoms with E-state index in [9.17, 15) is 9.90 Å². The van der Waals surface area contributed by atoms with E-state index in [0.717, 1.165) is 22.6 Å². The number of aromatic nitrogens is 1. The van der Waals surface area contributed by atoms with E-state index in [0.29, 0.717) is 13.1 Å². The molecule has 1 N–H and O–H groups in total. The van der Waals surface area contributed by atoms with Gasteiger partial charge in [-0.3, -0.25) is 4.79 Å². The van der Waals surface area contributed by atoms with Gasteiger partial charge < -0.3 is 14.6 Å². The zero-order valence-electron chi connectivity index (χ0n) is 12.6. The minimum Gasteiger partial charge on any atom is -0.389 e. The highest BCUT2D eigenvalue weighted by molar-refractivity contribution is 5.96. The molecular formula is C17H20N2O2. The fourth-order valence-corrected chi connectivity index (χ4v) is 2.94. The molecule has 1 fully saturated rings. The van der Waals surface area contributed by atoms with Crippen molar-refractivity contribution in [2.24, 2.45) is 0 Å². The van der Waals surface area contributed by atoms with Gasteiger partial charge >= 0.3 is 0 Å². The van der Waals surface area contributed by atoms with Crippen LogP contribution >= 0.6 is 0 Å². The van der Waals surface area contributed by atoms with Crippen molar-refractivity contribution in [1.82, 2.24) is 9.47 Å². The van der Waals surface area contributed by atoms with Crippen LogP contribution in [0.15, 0.2) is 30.3 Å². The van der Waals surface area contributed by atoms with Crippen LogP contribution in [0.5, 0.6) is 0 Å². The van der Waals surface area contributed by atoms with Gasteiger partial charge in [-0.15, -0.1) is 0 Å². The minimum atomic E-state index is -0.366. The molecule has 1 amide bonds. The number of hydrogen-bond acceptors (Lipinski definition) is 2. The van der Waals surface area contributed by atoms with Crippen molar-refractivity contribution in [2.75, 3.05) is 13.1 Å². The van der Waals surface area contributed by atoms with E-state index in [1.54, 1.807) is 4.90 Å². The average molecular weight is 284 g/mol. The van der Waals surface area contributed by atoms with E-state index in [-0.39, 0.29) is 12.0 Å². The predicted octanol–water partition coefficient (Wildman–Crippen LogP) is 2.22. The molecule has 0 atom stereocenters. The Hall–Kier alpha value is -2.07. The van der Waals surface area contributed by atoms with Crippen LogP contribution in [0, 0.1) is 20.8 Å². The van der Waals surface area contributed by atoms with Gasteiger partial charge in [0, 0.05) is 30.2 Å². The molecule has 0 saturated carbocycles. The summed E-state index contributed by atoms with van der Waals surface area (Å²) in [5, 5.41) is 9.35. The van der Waals surface area contributed by atoms with E-state index < -0.39 is 0 Å².